The Bertz CT molecular complexity index is 900. The van der Waals surface area contributed by atoms with Gasteiger partial charge in [-0.2, -0.15) is 0 Å². The smallest absolute Gasteiger partial charge is 0.293 e. The average molecular weight is 356 g/mol. The number of carbonyl (C=O) groups excluding carboxylic acids is 1. The summed E-state index contributed by atoms with van der Waals surface area (Å²) in [7, 11) is 3.43. The summed E-state index contributed by atoms with van der Waals surface area (Å²) in [5.74, 6) is 0.782. The van der Waals surface area contributed by atoms with E-state index in [1.807, 2.05) is 43.6 Å². The van der Waals surface area contributed by atoms with Crippen molar-refractivity contribution in [3.8, 4) is 16.9 Å². The molecule has 1 heterocycles. The normalized spacial score (nSPS) is 9.96. The second-order valence-corrected chi connectivity index (χ2v) is 5.36. The van der Waals surface area contributed by atoms with Crippen molar-refractivity contribution >= 4 is 23.1 Å². The minimum atomic E-state index is -0.347. The van der Waals surface area contributed by atoms with Crippen LogP contribution in [-0.4, -0.2) is 29.7 Å². The van der Waals surface area contributed by atoms with Crippen molar-refractivity contribution in [1.82, 2.24) is 4.57 Å². The number of nitrogens with zero attached hydrogens (tertiary/aromatic N) is 2. The number of nitro groups is 1. The molecule has 0 N–H and O–H groups in total. The van der Waals surface area contributed by atoms with E-state index >= 15 is 0 Å². The lowest BCUT2D eigenvalue weighted by Crippen LogP contribution is -1.94. The number of ether oxygens (including phenoxy) is 2. The molecule has 7 heteroatoms. The fraction of sp³-hybridized carbons (Fsp3) is 0.211. The molecule has 0 bridgehead atoms. The highest BCUT2D eigenvalue weighted by molar-refractivity contribution is 6.00. The van der Waals surface area contributed by atoms with Gasteiger partial charge in [-0.1, -0.05) is 12.1 Å². The maximum atomic E-state index is 11.2. The molecule has 0 unspecified atom stereocenters. The first-order chi connectivity index (χ1) is 12.5. The van der Waals surface area contributed by atoms with Gasteiger partial charge in [0.2, 0.25) is 0 Å². The molecular formula is C19H20N2O5. The highest BCUT2D eigenvalue weighted by Gasteiger charge is 2.17. The van der Waals surface area contributed by atoms with Crippen LogP contribution in [0.4, 0.5) is 5.69 Å². The van der Waals surface area contributed by atoms with Gasteiger partial charge in [0, 0.05) is 24.7 Å². The van der Waals surface area contributed by atoms with Gasteiger partial charge in [-0.3, -0.25) is 14.9 Å². The molecule has 0 aliphatic carbocycles. The number of fused-ring (bicyclic) bond motifs is 1. The Morgan fingerprint density at radius 3 is 2.35 bits per heavy atom. The molecule has 0 aliphatic heterocycles. The molecule has 0 aliphatic rings. The third-order valence-electron chi connectivity index (χ3n) is 3.85. The summed E-state index contributed by atoms with van der Waals surface area (Å²) in [5.41, 5.74) is 2.73. The average Bonchev–Trinajstić information content (AvgIpc) is 3.04. The molecule has 0 fully saturated rings. The minimum Gasteiger partial charge on any atom is -0.497 e. The highest BCUT2D eigenvalue weighted by Crippen LogP contribution is 2.35. The van der Waals surface area contributed by atoms with Crippen LogP contribution in [0.5, 0.6) is 5.75 Å². The van der Waals surface area contributed by atoms with E-state index in [-0.39, 0.29) is 10.6 Å². The highest BCUT2D eigenvalue weighted by atomic mass is 16.6. The van der Waals surface area contributed by atoms with Crippen LogP contribution in [0.1, 0.15) is 6.92 Å². The predicted octanol–water partition coefficient (Wildman–Crippen LogP) is 3.94. The van der Waals surface area contributed by atoms with Crippen molar-refractivity contribution < 1.29 is 19.2 Å². The first kappa shape index (κ1) is 19.0. The number of carbonyl (C=O) groups is 1. The zero-order chi connectivity index (χ0) is 19.1. The van der Waals surface area contributed by atoms with Crippen LogP contribution in [-0.2, 0) is 16.6 Å². The number of non-ortho nitro benzene ring substituents is 1. The molecule has 0 saturated heterocycles. The summed E-state index contributed by atoms with van der Waals surface area (Å²) in [4.78, 5) is 20.0. The predicted molar refractivity (Wildman–Crippen MR) is 99.3 cm³/mol. The van der Waals surface area contributed by atoms with Crippen molar-refractivity contribution in [3.63, 3.8) is 0 Å². The largest absolute Gasteiger partial charge is 0.497 e. The van der Waals surface area contributed by atoms with Gasteiger partial charge in [-0.15, -0.1) is 0 Å². The number of aryl methyl sites for hydroxylation is 1. The number of hydrogen-bond acceptors (Lipinski definition) is 5. The van der Waals surface area contributed by atoms with Crippen LogP contribution in [0.25, 0.3) is 22.0 Å². The summed E-state index contributed by atoms with van der Waals surface area (Å²) in [6, 6.07) is 12.9. The van der Waals surface area contributed by atoms with E-state index in [1.54, 1.807) is 30.7 Å². The zero-order valence-electron chi connectivity index (χ0n) is 14.8. The van der Waals surface area contributed by atoms with Crippen molar-refractivity contribution in [2.45, 2.75) is 6.92 Å². The Balaban J connectivity index is 0.000000431. The van der Waals surface area contributed by atoms with Gasteiger partial charge < -0.3 is 14.0 Å². The maximum Gasteiger partial charge on any atom is 0.293 e. The van der Waals surface area contributed by atoms with E-state index in [1.165, 1.54) is 0 Å². The minimum absolute atomic E-state index is 0.120. The number of aromatic nitrogens is 1. The molecule has 136 valence electrons. The molecular weight excluding hydrogens is 336 g/mol. The Kier molecular flexibility index (Phi) is 6.32. The van der Waals surface area contributed by atoms with Crippen molar-refractivity contribution in [3.05, 3.63) is 58.8 Å². The molecule has 1 aromatic heterocycles. The van der Waals surface area contributed by atoms with E-state index in [0.717, 1.165) is 22.3 Å². The van der Waals surface area contributed by atoms with Gasteiger partial charge >= 0.3 is 0 Å². The molecule has 26 heavy (non-hydrogen) atoms. The lowest BCUT2D eigenvalue weighted by atomic mass is 10.0. The summed E-state index contributed by atoms with van der Waals surface area (Å²) in [6.07, 6.45) is 1.84. The van der Waals surface area contributed by atoms with Crippen LogP contribution in [0.3, 0.4) is 0 Å². The Labute approximate surface area is 150 Å². The number of rotatable bonds is 5. The van der Waals surface area contributed by atoms with Gasteiger partial charge in [0.15, 0.2) is 0 Å². The molecule has 0 amide bonds. The number of methoxy groups -OCH3 is 1. The molecule has 0 saturated carbocycles. The Morgan fingerprint density at radius 2 is 1.85 bits per heavy atom. The van der Waals surface area contributed by atoms with Gasteiger partial charge in [-0.25, -0.2) is 0 Å². The first-order valence-electron chi connectivity index (χ1n) is 7.95. The van der Waals surface area contributed by atoms with E-state index < -0.39 is 0 Å². The van der Waals surface area contributed by atoms with E-state index in [0.29, 0.717) is 18.6 Å². The molecule has 2 aromatic carbocycles. The third kappa shape index (κ3) is 4.00. The van der Waals surface area contributed by atoms with Gasteiger partial charge in [0.25, 0.3) is 12.2 Å². The van der Waals surface area contributed by atoms with Gasteiger partial charge in [0.05, 0.1) is 18.6 Å². The lowest BCUT2D eigenvalue weighted by Gasteiger charge is -2.07. The van der Waals surface area contributed by atoms with Crippen molar-refractivity contribution in [2.24, 2.45) is 7.05 Å². The molecule has 0 spiro atoms. The topological polar surface area (TPSA) is 83.6 Å². The van der Waals surface area contributed by atoms with Gasteiger partial charge in [0.1, 0.15) is 11.3 Å². The quantitative estimate of drug-likeness (QED) is 0.393. The Morgan fingerprint density at radius 1 is 1.15 bits per heavy atom. The SMILES string of the molecule is CCOC=O.COc1ccc(-c2ccc([N+](=O)[O-])c3c2ccn3C)cc1. The number of benzene rings is 2. The van der Waals surface area contributed by atoms with Crippen LogP contribution >= 0.6 is 0 Å². The van der Waals surface area contributed by atoms with Crippen molar-refractivity contribution in [1.29, 1.82) is 0 Å². The Hall–Kier alpha value is -3.35. The van der Waals surface area contributed by atoms with E-state index in [4.69, 9.17) is 4.74 Å². The monoisotopic (exact) mass is 356 g/mol. The van der Waals surface area contributed by atoms with Crippen LogP contribution < -0.4 is 4.74 Å². The number of hydrogen-bond donors (Lipinski definition) is 0. The summed E-state index contributed by atoms with van der Waals surface area (Å²) in [6.45, 7) is 2.66. The van der Waals surface area contributed by atoms with E-state index in [2.05, 4.69) is 4.74 Å². The number of nitro benzene ring substituents is 1. The van der Waals surface area contributed by atoms with E-state index in [9.17, 15) is 14.9 Å². The zero-order valence-corrected chi connectivity index (χ0v) is 14.8. The van der Waals surface area contributed by atoms with Crippen molar-refractivity contribution in [2.75, 3.05) is 13.7 Å². The summed E-state index contributed by atoms with van der Waals surface area (Å²) in [5, 5.41) is 12.0. The summed E-state index contributed by atoms with van der Waals surface area (Å²) >= 11 is 0. The third-order valence-corrected chi connectivity index (χ3v) is 3.85. The molecule has 3 rings (SSSR count). The molecule has 7 nitrogen and oxygen atoms in total. The maximum absolute atomic E-state index is 11.2. The fourth-order valence-corrected chi connectivity index (χ4v) is 2.63. The second-order valence-electron chi connectivity index (χ2n) is 5.36. The summed E-state index contributed by atoms with van der Waals surface area (Å²) < 4.78 is 11.1. The van der Waals surface area contributed by atoms with Crippen LogP contribution in [0, 0.1) is 10.1 Å². The van der Waals surface area contributed by atoms with Gasteiger partial charge in [-0.05, 0) is 42.3 Å². The van der Waals surface area contributed by atoms with Crippen LogP contribution in [0.2, 0.25) is 0 Å². The second kappa shape index (κ2) is 8.66. The van der Waals surface area contributed by atoms with Crippen LogP contribution in [0.15, 0.2) is 48.7 Å². The molecule has 0 atom stereocenters. The standard InChI is InChI=1S/C16H14N2O3.C3H6O2/c1-17-10-9-14-13(7-8-15(16(14)17)18(19)20)11-3-5-12(21-2)6-4-11;1-2-5-3-4/h3-10H,1-2H3;3H,2H2,1H3. The molecule has 3 aromatic rings. The lowest BCUT2D eigenvalue weighted by molar-refractivity contribution is -0.383. The first-order valence-corrected chi connectivity index (χ1v) is 7.95. The molecule has 0 radical (unpaired) electrons. The fourth-order valence-electron chi connectivity index (χ4n) is 2.63.